The van der Waals surface area contributed by atoms with E-state index in [4.69, 9.17) is 4.74 Å². The van der Waals surface area contributed by atoms with E-state index in [1.807, 2.05) is 39.0 Å². The van der Waals surface area contributed by atoms with E-state index in [0.29, 0.717) is 19.0 Å². The molecule has 1 aliphatic heterocycles. The number of ether oxygens (including phenoxy) is 2. The van der Waals surface area contributed by atoms with Crippen LogP contribution in [0.5, 0.6) is 0 Å². The molecule has 2 aromatic carbocycles. The van der Waals surface area contributed by atoms with E-state index in [2.05, 4.69) is 49.2 Å². The smallest absolute Gasteiger partial charge is 0.413 e. The van der Waals surface area contributed by atoms with E-state index >= 15 is 0 Å². The molecule has 1 aliphatic rings. The maximum absolute atomic E-state index is 12.3. The molecule has 0 unspecified atom stereocenters. The number of carbonyl (C=O) groups excluding carboxylic acids is 2. The lowest BCUT2D eigenvalue weighted by molar-refractivity contribution is 0.0240. The summed E-state index contributed by atoms with van der Waals surface area (Å²) in [5.41, 5.74) is 2.24. The fourth-order valence-electron chi connectivity index (χ4n) is 3.59. The van der Waals surface area contributed by atoms with Crippen LogP contribution in [0.15, 0.2) is 52.3 Å². The number of amides is 2. The number of nitrogens with one attached hydrogen (secondary N) is 2. The van der Waals surface area contributed by atoms with Gasteiger partial charge in [-0.1, -0.05) is 11.8 Å². The molecule has 4 rings (SSSR count). The summed E-state index contributed by atoms with van der Waals surface area (Å²) in [5, 5.41) is 2.54. The lowest BCUT2D eigenvalue weighted by Gasteiger charge is -2.36. The van der Waals surface area contributed by atoms with Crippen molar-refractivity contribution in [2.75, 3.05) is 43.5 Å². The minimum atomic E-state index is -0.569. The lowest BCUT2D eigenvalue weighted by Crippen LogP contribution is -2.50. The van der Waals surface area contributed by atoms with Crippen LogP contribution in [0.25, 0.3) is 11.0 Å². The molecule has 1 aromatic heterocycles. The Balaban J connectivity index is 1.34. The number of imidazole rings is 1. The highest BCUT2D eigenvalue weighted by molar-refractivity contribution is 7.99. The van der Waals surface area contributed by atoms with Crippen molar-refractivity contribution in [3.8, 4) is 0 Å². The number of anilines is 2. The number of piperazine rings is 1. The van der Waals surface area contributed by atoms with Gasteiger partial charge in [0.2, 0.25) is 5.95 Å². The average Bonchev–Trinajstić information content (AvgIpc) is 3.20. The summed E-state index contributed by atoms with van der Waals surface area (Å²) in [6, 6.07) is 14.3. The molecular weight excluding hydrogens is 454 g/mol. The van der Waals surface area contributed by atoms with Gasteiger partial charge in [0.25, 0.3) is 0 Å². The number of aromatic amines is 1. The van der Waals surface area contributed by atoms with E-state index in [0.717, 1.165) is 39.6 Å². The maximum atomic E-state index is 12.3. The Kier molecular flexibility index (Phi) is 6.87. The molecule has 2 amide bonds. The summed E-state index contributed by atoms with van der Waals surface area (Å²) < 4.78 is 10.1. The Morgan fingerprint density at radius 3 is 2.35 bits per heavy atom. The molecule has 2 N–H and O–H groups in total. The van der Waals surface area contributed by atoms with Gasteiger partial charge in [-0.05, 0) is 63.2 Å². The van der Waals surface area contributed by atoms with Gasteiger partial charge >= 0.3 is 12.2 Å². The largest absolute Gasteiger partial charge is 0.453 e. The van der Waals surface area contributed by atoms with Crippen LogP contribution in [-0.4, -0.2) is 65.9 Å². The van der Waals surface area contributed by atoms with Gasteiger partial charge in [0.05, 0.1) is 18.1 Å². The standard InChI is InChI=1S/C24H29N5O4S/c1-24(2,3)33-23(31)29-13-11-28(12-14-29)16-5-7-17(8-6-16)34-18-9-10-19-20(15-18)26-21(25-19)27-22(30)32-4/h5-10,15H,11-14H2,1-4H3,(H2,25,26,27,30). The van der Waals surface area contributed by atoms with E-state index < -0.39 is 11.7 Å². The molecular formula is C24H29N5O4S. The number of fused-ring (bicyclic) bond motifs is 1. The summed E-state index contributed by atoms with van der Waals surface area (Å²) in [6.07, 6.45) is -0.818. The summed E-state index contributed by atoms with van der Waals surface area (Å²) in [6.45, 7) is 8.47. The Labute approximate surface area is 202 Å². The Bertz CT molecular complexity index is 1160. The second kappa shape index (κ2) is 9.84. The van der Waals surface area contributed by atoms with Crippen molar-refractivity contribution in [2.24, 2.45) is 0 Å². The monoisotopic (exact) mass is 483 g/mol. The summed E-state index contributed by atoms with van der Waals surface area (Å²) in [5.74, 6) is 0.347. The molecule has 9 nitrogen and oxygen atoms in total. The van der Waals surface area contributed by atoms with Crippen LogP contribution in [0.4, 0.5) is 21.2 Å². The zero-order chi connectivity index (χ0) is 24.3. The predicted molar refractivity (Wildman–Crippen MR) is 133 cm³/mol. The molecule has 0 atom stereocenters. The van der Waals surface area contributed by atoms with Gasteiger partial charge in [0.15, 0.2) is 0 Å². The van der Waals surface area contributed by atoms with E-state index in [9.17, 15) is 9.59 Å². The van der Waals surface area contributed by atoms with Crippen LogP contribution in [0, 0.1) is 0 Å². The van der Waals surface area contributed by atoms with Crippen LogP contribution >= 0.6 is 11.8 Å². The molecule has 180 valence electrons. The van der Waals surface area contributed by atoms with Gasteiger partial charge in [-0.25, -0.2) is 14.6 Å². The Hall–Kier alpha value is -3.40. The highest BCUT2D eigenvalue weighted by Crippen LogP contribution is 2.31. The van der Waals surface area contributed by atoms with Gasteiger partial charge in [0.1, 0.15) is 5.60 Å². The minimum absolute atomic E-state index is 0.249. The number of hydrogen-bond donors (Lipinski definition) is 2. The third-order valence-corrected chi connectivity index (χ3v) is 6.23. The van der Waals surface area contributed by atoms with Crippen molar-refractivity contribution in [2.45, 2.75) is 36.2 Å². The third kappa shape index (κ3) is 5.93. The average molecular weight is 484 g/mol. The lowest BCUT2D eigenvalue weighted by atomic mass is 10.2. The summed E-state index contributed by atoms with van der Waals surface area (Å²) in [7, 11) is 1.31. The molecule has 34 heavy (non-hydrogen) atoms. The van der Waals surface area contributed by atoms with Crippen molar-refractivity contribution in [1.29, 1.82) is 0 Å². The fourth-order valence-corrected chi connectivity index (χ4v) is 4.45. The zero-order valence-corrected chi connectivity index (χ0v) is 20.6. The van der Waals surface area contributed by atoms with Gasteiger partial charge in [-0.3, -0.25) is 5.32 Å². The van der Waals surface area contributed by atoms with Gasteiger partial charge < -0.3 is 24.3 Å². The number of methoxy groups -OCH3 is 1. The van der Waals surface area contributed by atoms with E-state index in [1.54, 1.807) is 16.7 Å². The van der Waals surface area contributed by atoms with Crippen LogP contribution in [0.3, 0.4) is 0 Å². The van der Waals surface area contributed by atoms with Crippen molar-refractivity contribution >= 4 is 46.6 Å². The number of rotatable bonds is 4. The molecule has 1 saturated heterocycles. The molecule has 10 heteroatoms. The maximum Gasteiger partial charge on any atom is 0.413 e. The number of hydrogen-bond acceptors (Lipinski definition) is 7. The number of carbonyl (C=O) groups is 2. The molecule has 0 radical (unpaired) electrons. The molecule has 0 bridgehead atoms. The van der Waals surface area contributed by atoms with E-state index in [-0.39, 0.29) is 6.09 Å². The summed E-state index contributed by atoms with van der Waals surface area (Å²) >= 11 is 1.65. The SMILES string of the molecule is COC(=O)Nc1nc2ccc(Sc3ccc(N4CCN(C(=O)OC(C)(C)C)CC4)cc3)cc2[nH]1. The zero-order valence-electron chi connectivity index (χ0n) is 19.8. The first-order valence-electron chi connectivity index (χ1n) is 11.1. The number of nitrogens with zero attached hydrogens (tertiary/aromatic N) is 3. The highest BCUT2D eigenvalue weighted by Gasteiger charge is 2.25. The van der Waals surface area contributed by atoms with Gasteiger partial charge in [-0.2, -0.15) is 0 Å². The summed E-state index contributed by atoms with van der Waals surface area (Å²) in [4.78, 5) is 37.3. The molecule has 0 saturated carbocycles. The predicted octanol–water partition coefficient (Wildman–Crippen LogP) is 4.95. The van der Waals surface area contributed by atoms with Crippen molar-refractivity contribution in [1.82, 2.24) is 14.9 Å². The topological polar surface area (TPSA) is 99.8 Å². The fraction of sp³-hybridized carbons (Fsp3) is 0.375. The number of benzene rings is 2. The Morgan fingerprint density at radius 2 is 1.71 bits per heavy atom. The van der Waals surface area contributed by atoms with Crippen LogP contribution < -0.4 is 10.2 Å². The first-order valence-corrected chi connectivity index (χ1v) is 11.9. The van der Waals surface area contributed by atoms with Crippen molar-refractivity contribution < 1.29 is 19.1 Å². The molecule has 0 spiro atoms. The Morgan fingerprint density at radius 1 is 1.03 bits per heavy atom. The molecule has 0 aliphatic carbocycles. The van der Waals surface area contributed by atoms with E-state index in [1.165, 1.54) is 7.11 Å². The van der Waals surface area contributed by atoms with Gasteiger partial charge in [-0.15, -0.1) is 0 Å². The second-order valence-corrected chi connectivity index (χ2v) is 10.1. The normalized spacial score (nSPS) is 14.2. The quantitative estimate of drug-likeness (QED) is 0.542. The van der Waals surface area contributed by atoms with Crippen LogP contribution in [0.1, 0.15) is 20.8 Å². The van der Waals surface area contributed by atoms with Crippen LogP contribution in [-0.2, 0) is 9.47 Å². The first kappa shape index (κ1) is 23.7. The van der Waals surface area contributed by atoms with Crippen molar-refractivity contribution in [3.63, 3.8) is 0 Å². The second-order valence-electron chi connectivity index (χ2n) is 8.93. The molecule has 3 aromatic rings. The van der Waals surface area contributed by atoms with Crippen LogP contribution in [0.2, 0.25) is 0 Å². The van der Waals surface area contributed by atoms with Gasteiger partial charge in [0, 0.05) is 41.7 Å². The molecule has 2 heterocycles. The highest BCUT2D eigenvalue weighted by atomic mass is 32.2. The van der Waals surface area contributed by atoms with Crippen molar-refractivity contribution in [3.05, 3.63) is 42.5 Å². The number of aromatic nitrogens is 2. The first-order chi connectivity index (χ1) is 16.2. The molecule has 1 fully saturated rings. The minimum Gasteiger partial charge on any atom is -0.453 e. The number of H-pyrrole nitrogens is 1. The third-order valence-electron chi connectivity index (χ3n) is 5.23.